The maximum absolute atomic E-state index is 5.50. The van der Waals surface area contributed by atoms with Gasteiger partial charge in [-0.1, -0.05) is 12.1 Å². The standard InChI is InChI=1S/C16H18BrNO2/c1-3-20-14-6-4-5-12(9-14)11-18-16-10-13(19-2)7-8-15(16)17/h4-10,18H,3,11H2,1-2H3. The zero-order valence-electron chi connectivity index (χ0n) is 11.7. The van der Waals surface area contributed by atoms with E-state index in [0.717, 1.165) is 28.2 Å². The summed E-state index contributed by atoms with van der Waals surface area (Å²) >= 11 is 3.53. The van der Waals surface area contributed by atoms with E-state index in [1.54, 1.807) is 7.11 Å². The van der Waals surface area contributed by atoms with Crippen LogP contribution in [0.3, 0.4) is 0 Å². The van der Waals surface area contributed by atoms with Crippen LogP contribution in [0, 0.1) is 0 Å². The lowest BCUT2D eigenvalue weighted by molar-refractivity contribution is 0.340. The van der Waals surface area contributed by atoms with Gasteiger partial charge in [0.05, 0.1) is 19.4 Å². The summed E-state index contributed by atoms with van der Waals surface area (Å²) < 4.78 is 11.7. The highest BCUT2D eigenvalue weighted by molar-refractivity contribution is 9.10. The molecule has 0 saturated carbocycles. The topological polar surface area (TPSA) is 30.5 Å². The van der Waals surface area contributed by atoms with E-state index in [1.807, 2.05) is 43.3 Å². The monoisotopic (exact) mass is 335 g/mol. The lowest BCUT2D eigenvalue weighted by Crippen LogP contribution is -2.01. The van der Waals surface area contributed by atoms with Gasteiger partial charge in [0.1, 0.15) is 11.5 Å². The number of nitrogens with one attached hydrogen (secondary N) is 1. The van der Waals surface area contributed by atoms with Crippen LogP contribution in [-0.4, -0.2) is 13.7 Å². The molecular formula is C16H18BrNO2. The van der Waals surface area contributed by atoms with Gasteiger partial charge in [-0.05, 0) is 52.7 Å². The molecule has 0 heterocycles. The SMILES string of the molecule is CCOc1cccc(CNc2cc(OC)ccc2Br)c1. The third-order valence-corrected chi connectivity index (χ3v) is 3.56. The van der Waals surface area contributed by atoms with Crippen LogP contribution in [0.4, 0.5) is 5.69 Å². The minimum absolute atomic E-state index is 0.679. The molecule has 2 aromatic rings. The van der Waals surface area contributed by atoms with Crippen LogP contribution in [0.25, 0.3) is 0 Å². The maximum Gasteiger partial charge on any atom is 0.121 e. The molecule has 0 spiro atoms. The smallest absolute Gasteiger partial charge is 0.121 e. The fraction of sp³-hybridized carbons (Fsp3) is 0.250. The summed E-state index contributed by atoms with van der Waals surface area (Å²) in [7, 11) is 1.67. The molecule has 1 N–H and O–H groups in total. The molecule has 106 valence electrons. The Hall–Kier alpha value is -1.68. The Balaban J connectivity index is 2.06. The van der Waals surface area contributed by atoms with Crippen molar-refractivity contribution in [3.05, 3.63) is 52.5 Å². The van der Waals surface area contributed by atoms with Crippen molar-refractivity contribution < 1.29 is 9.47 Å². The molecule has 0 saturated heterocycles. The third-order valence-electron chi connectivity index (χ3n) is 2.87. The van der Waals surface area contributed by atoms with Gasteiger partial charge < -0.3 is 14.8 Å². The Labute approximate surface area is 128 Å². The van der Waals surface area contributed by atoms with Gasteiger partial charge in [-0.15, -0.1) is 0 Å². The van der Waals surface area contributed by atoms with Crippen molar-refractivity contribution in [3.8, 4) is 11.5 Å². The van der Waals surface area contributed by atoms with E-state index in [2.05, 4.69) is 27.3 Å². The van der Waals surface area contributed by atoms with Crippen LogP contribution in [0.1, 0.15) is 12.5 Å². The molecule has 0 unspecified atom stereocenters. The predicted octanol–water partition coefficient (Wildman–Crippen LogP) is 4.47. The van der Waals surface area contributed by atoms with E-state index < -0.39 is 0 Å². The van der Waals surface area contributed by atoms with Crippen molar-refractivity contribution in [2.45, 2.75) is 13.5 Å². The third kappa shape index (κ3) is 3.90. The van der Waals surface area contributed by atoms with E-state index in [1.165, 1.54) is 5.56 Å². The first-order valence-corrected chi connectivity index (χ1v) is 7.31. The number of hydrogen-bond acceptors (Lipinski definition) is 3. The molecule has 0 fully saturated rings. The second-order valence-electron chi connectivity index (χ2n) is 4.28. The summed E-state index contributed by atoms with van der Waals surface area (Å²) in [6, 6.07) is 13.9. The molecular weight excluding hydrogens is 318 g/mol. The van der Waals surface area contributed by atoms with Crippen molar-refractivity contribution in [3.63, 3.8) is 0 Å². The summed E-state index contributed by atoms with van der Waals surface area (Å²) in [5.74, 6) is 1.73. The number of hydrogen-bond donors (Lipinski definition) is 1. The van der Waals surface area contributed by atoms with Crippen molar-refractivity contribution in [1.82, 2.24) is 0 Å². The zero-order valence-corrected chi connectivity index (χ0v) is 13.2. The van der Waals surface area contributed by atoms with Gasteiger partial charge in [0, 0.05) is 17.1 Å². The summed E-state index contributed by atoms with van der Waals surface area (Å²) in [5, 5.41) is 3.39. The van der Waals surface area contributed by atoms with Gasteiger partial charge in [-0.2, -0.15) is 0 Å². The van der Waals surface area contributed by atoms with Crippen LogP contribution in [0.15, 0.2) is 46.9 Å². The normalized spacial score (nSPS) is 10.2. The Bertz CT molecular complexity index is 572. The number of anilines is 1. The van der Waals surface area contributed by atoms with Gasteiger partial charge in [-0.3, -0.25) is 0 Å². The van der Waals surface area contributed by atoms with E-state index in [0.29, 0.717) is 6.61 Å². The predicted molar refractivity (Wildman–Crippen MR) is 85.6 cm³/mol. The van der Waals surface area contributed by atoms with E-state index >= 15 is 0 Å². The number of benzene rings is 2. The van der Waals surface area contributed by atoms with E-state index in [-0.39, 0.29) is 0 Å². The minimum Gasteiger partial charge on any atom is -0.497 e. The molecule has 0 aliphatic carbocycles. The van der Waals surface area contributed by atoms with E-state index in [9.17, 15) is 0 Å². The molecule has 4 heteroatoms. The Morgan fingerprint density at radius 1 is 1.10 bits per heavy atom. The quantitative estimate of drug-likeness (QED) is 0.844. The van der Waals surface area contributed by atoms with Gasteiger partial charge in [-0.25, -0.2) is 0 Å². The Kier molecular flexibility index (Phi) is 5.30. The number of halogens is 1. The van der Waals surface area contributed by atoms with Crippen molar-refractivity contribution in [2.24, 2.45) is 0 Å². The van der Waals surface area contributed by atoms with Crippen LogP contribution in [-0.2, 0) is 6.54 Å². The second kappa shape index (κ2) is 7.20. The van der Waals surface area contributed by atoms with Crippen LogP contribution in [0.2, 0.25) is 0 Å². The molecule has 0 bridgehead atoms. The average Bonchev–Trinajstić information content (AvgIpc) is 2.47. The largest absolute Gasteiger partial charge is 0.497 e. The molecule has 2 aromatic carbocycles. The van der Waals surface area contributed by atoms with E-state index in [4.69, 9.17) is 9.47 Å². The van der Waals surface area contributed by atoms with Crippen molar-refractivity contribution >= 4 is 21.6 Å². The highest BCUT2D eigenvalue weighted by Gasteiger charge is 2.02. The molecule has 2 rings (SSSR count). The summed E-state index contributed by atoms with van der Waals surface area (Å²) in [6.45, 7) is 3.39. The summed E-state index contributed by atoms with van der Waals surface area (Å²) in [6.07, 6.45) is 0. The highest BCUT2D eigenvalue weighted by atomic mass is 79.9. The molecule has 0 aromatic heterocycles. The zero-order chi connectivity index (χ0) is 14.4. The van der Waals surface area contributed by atoms with Gasteiger partial charge in [0.15, 0.2) is 0 Å². The van der Waals surface area contributed by atoms with Crippen LogP contribution in [0.5, 0.6) is 11.5 Å². The fourth-order valence-electron chi connectivity index (χ4n) is 1.88. The lowest BCUT2D eigenvalue weighted by atomic mass is 10.2. The molecule has 3 nitrogen and oxygen atoms in total. The number of rotatable bonds is 6. The fourth-order valence-corrected chi connectivity index (χ4v) is 2.26. The average molecular weight is 336 g/mol. The van der Waals surface area contributed by atoms with Crippen LogP contribution < -0.4 is 14.8 Å². The molecule has 0 atom stereocenters. The molecule has 0 radical (unpaired) electrons. The van der Waals surface area contributed by atoms with Crippen LogP contribution >= 0.6 is 15.9 Å². The van der Waals surface area contributed by atoms with Crippen molar-refractivity contribution in [1.29, 1.82) is 0 Å². The highest BCUT2D eigenvalue weighted by Crippen LogP contribution is 2.27. The first kappa shape index (κ1) is 14.7. The second-order valence-corrected chi connectivity index (χ2v) is 5.13. The molecule has 0 amide bonds. The molecule has 20 heavy (non-hydrogen) atoms. The Morgan fingerprint density at radius 3 is 2.70 bits per heavy atom. The van der Waals surface area contributed by atoms with Crippen molar-refractivity contribution in [2.75, 3.05) is 19.0 Å². The maximum atomic E-state index is 5.50. The first-order chi connectivity index (χ1) is 9.72. The van der Waals surface area contributed by atoms with Gasteiger partial charge in [0.2, 0.25) is 0 Å². The lowest BCUT2D eigenvalue weighted by Gasteiger charge is -2.11. The summed E-state index contributed by atoms with van der Waals surface area (Å²) in [4.78, 5) is 0. The Morgan fingerprint density at radius 2 is 1.95 bits per heavy atom. The van der Waals surface area contributed by atoms with Gasteiger partial charge in [0.25, 0.3) is 0 Å². The summed E-state index contributed by atoms with van der Waals surface area (Å²) in [5.41, 5.74) is 2.18. The minimum atomic E-state index is 0.679. The van der Waals surface area contributed by atoms with Gasteiger partial charge >= 0.3 is 0 Å². The molecule has 0 aliphatic heterocycles. The molecule has 0 aliphatic rings. The first-order valence-electron chi connectivity index (χ1n) is 6.52. The number of ether oxygens (including phenoxy) is 2. The number of methoxy groups -OCH3 is 1.